The second-order valence-electron chi connectivity index (χ2n) is 6.20. The molecule has 2 unspecified atom stereocenters. The molecule has 2 aliphatic carbocycles. The van der Waals surface area contributed by atoms with E-state index < -0.39 is 0 Å². The molecule has 118 valence electrons. The summed E-state index contributed by atoms with van der Waals surface area (Å²) in [5.41, 5.74) is 3.01. The first-order valence-electron chi connectivity index (χ1n) is 8.76. The van der Waals surface area contributed by atoms with Crippen molar-refractivity contribution in [3.05, 3.63) is 35.5 Å². The molecule has 2 atom stereocenters. The first kappa shape index (κ1) is 16.5. The number of rotatable bonds is 9. The summed E-state index contributed by atoms with van der Waals surface area (Å²) in [4.78, 5) is 0. The molecule has 0 aromatic carbocycles. The number of ether oxygens (including phenoxy) is 1. The number of allylic oxidation sites excluding steroid dienone is 4. The molecule has 2 aliphatic rings. The molecule has 0 aliphatic heterocycles. The molecule has 2 heteroatoms. The number of unbranched alkanes of at least 4 members (excludes halogenated alkanes) is 1. The van der Waals surface area contributed by atoms with Crippen LogP contribution in [-0.2, 0) is 4.74 Å². The summed E-state index contributed by atoms with van der Waals surface area (Å²) < 4.78 is 6.37. The van der Waals surface area contributed by atoms with E-state index in [1.807, 2.05) is 0 Å². The number of hydrogen-bond acceptors (Lipinski definition) is 2. The van der Waals surface area contributed by atoms with Crippen molar-refractivity contribution in [2.24, 2.45) is 0 Å². The van der Waals surface area contributed by atoms with Gasteiger partial charge in [0.2, 0.25) is 0 Å². The van der Waals surface area contributed by atoms with Gasteiger partial charge in [-0.1, -0.05) is 51.0 Å². The maximum atomic E-state index is 6.37. The van der Waals surface area contributed by atoms with Crippen molar-refractivity contribution in [2.75, 3.05) is 13.1 Å². The van der Waals surface area contributed by atoms with Crippen molar-refractivity contribution in [1.29, 1.82) is 0 Å². The molecule has 0 aromatic heterocycles. The fourth-order valence-corrected chi connectivity index (χ4v) is 3.06. The van der Waals surface area contributed by atoms with E-state index in [9.17, 15) is 0 Å². The van der Waals surface area contributed by atoms with E-state index in [-0.39, 0.29) is 6.10 Å². The van der Waals surface area contributed by atoms with Crippen LogP contribution in [0.1, 0.15) is 58.8 Å². The van der Waals surface area contributed by atoms with Crippen LogP contribution in [0.3, 0.4) is 0 Å². The normalized spacial score (nSPS) is 22.5. The third-order valence-corrected chi connectivity index (χ3v) is 4.29. The van der Waals surface area contributed by atoms with E-state index in [1.165, 1.54) is 49.7 Å². The quantitative estimate of drug-likeness (QED) is 0.629. The van der Waals surface area contributed by atoms with Crippen LogP contribution in [0.2, 0.25) is 0 Å². The van der Waals surface area contributed by atoms with Gasteiger partial charge >= 0.3 is 0 Å². The predicted octanol–water partition coefficient (Wildman–Crippen LogP) is 4.54. The van der Waals surface area contributed by atoms with Crippen LogP contribution in [0.15, 0.2) is 35.5 Å². The lowest BCUT2D eigenvalue weighted by Crippen LogP contribution is -2.33. The largest absolute Gasteiger partial charge is 0.369 e. The molecular formula is C19H31NO. The van der Waals surface area contributed by atoms with Crippen LogP contribution in [0, 0.1) is 0 Å². The van der Waals surface area contributed by atoms with Gasteiger partial charge in [-0.2, -0.15) is 0 Å². The minimum Gasteiger partial charge on any atom is -0.369 e. The second-order valence-corrected chi connectivity index (χ2v) is 6.20. The summed E-state index contributed by atoms with van der Waals surface area (Å²) in [5.74, 6) is 0. The van der Waals surface area contributed by atoms with E-state index in [1.54, 1.807) is 0 Å². The van der Waals surface area contributed by atoms with Gasteiger partial charge in [-0.05, 0) is 43.4 Å². The van der Waals surface area contributed by atoms with Gasteiger partial charge in [-0.15, -0.1) is 0 Å². The lowest BCUT2D eigenvalue weighted by molar-refractivity contribution is 0.00802. The van der Waals surface area contributed by atoms with Gasteiger partial charge < -0.3 is 10.1 Å². The molecule has 0 aromatic rings. The van der Waals surface area contributed by atoms with E-state index in [2.05, 4.69) is 43.5 Å². The van der Waals surface area contributed by atoms with E-state index >= 15 is 0 Å². The Morgan fingerprint density at radius 3 is 2.95 bits per heavy atom. The fraction of sp³-hybridized carbons (Fsp3) is 0.684. The average molecular weight is 289 g/mol. The summed E-state index contributed by atoms with van der Waals surface area (Å²) in [6, 6.07) is 0. The van der Waals surface area contributed by atoms with Crippen LogP contribution < -0.4 is 5.32 Å². The summed E-state index contributed by atoms with van der Waals surface area (Å²) in [6.07, 6.45) is 18.1. The third-order valence-electron chi connectivity index (χ3n) is 4.29. The van der Waals surface area contributed by atoms with Crippen LogP contribution in [0.4, 0.5) is 0 Å². The molecule has 0 radical (unpaired) electrons. The molecular weight excluding hydrogens is 258 g/mol. The maximum Gasteiger partial charge on any atom is 0.0803 e. The van der Waals surface area contributed by atoms with Gasteiger partial charge in [0.25, 0.3) is 0 Å². The SMILES string of the molecule is CCCCC(CNCCC)OC1C=CC2=C(C=CCC2)C1. The van der Waals surface area contributed by atoms with Gasteiger partial charge in [0.05, 0.1) is 12.2 Å². The lowest BCUT2D eigenvalue weighted by atomic mass is 9.89. The second kappa shape index (κ2) is 9.22. The van der Waals surface area contributed by atoms with E-state index in [0.29, 0.717) is 6.10 Å². The molecule has 0 saturated carbocycles. The molecule has 21 heavy (non-hydrogen) atoms. The van der Waals surface area contributed by atoms with Crippen LogP contribution in [0.5, 0.6) is 0 Å². The summed E-state index contributed by atoms with van der Waals surface area (Å²) in [6.45, 7) is 6.54. The molecule has 1 N–H and O–H groups in total. The Hall–Kier alpha value is -0.860. The summed E-state index contributed by atoms with van der Waals surface area (Å²) in [5, 5.41) is 3.51. The Labute approximate surface area is 130 Å². The molecule has 0 heterocycles. The Bertz CT molecular complexity index is 394. The van der Waals surface area contributed by atoms with Crippen molar-refractivity contribution < 1.29 is 4.74 Å². The minimum atomic E-state index is 0.261. The van der Waals surface area contributed by atoms with Gasteiger partial charge in [-0.3, -0.25) is 0 Å². The zero-order valence-corrected chi connectivity index (χ0v) is 13.7. The van der Waals surface area contributed by atoms with E-state index in [4.69, 9.17) is 4.74 Å². The molecule has 2 rings (SSSR count). The smallest absolute Gasteiger partial charge is 0.0803 e. The predicted molar refractivity (Wildman–Crippen MR) is 90.5 cm³/mol. The van der Waals surface area contributed by atoms with Crippen LogP contribution >= 0.6 is 0 Å². The van der Waals surface area contributed by atoms with Gasteiger partial charge in [-0.25, -0.2) is 0 Å². The summed E-state index contributed by atoms with van der Waals surface area (Å²) in [7, 11) is 0. The van der Waals surface area contributed by atoms with Crippen molar-refractivity contribution >= 4 is 0 Å². The highest BCUT2D eigenvalue weighted by molar-refractivity contribution is 5.40. The molecule has 0 fully saturated rings. The molecule has 0 amide bonds. The molecule has 2 nitrogen and oxygen atoms in total. The average Bonchev–Trinajstić information content (AvgIpc) is 2.52. The Balaban J connectivity index is 1.83. The van der Waals surface area contributed by atoms with Gasteiger partial charge in [0, 0.05) is 13.0 Å². The fourth-order valence-electron chi connectivity index (χ4n) is 3.06. The van der Waals surface area contributed by atoms with Gasteiger partial charge in [0.1, 0.15) is 0 Å². The third kappa shape index (κ3) is 5.44. The van der Waals surface area contributed by atoms with Crippen molar-refractivity contribution in [2.45, 2.75) is 71.0 Å². The maximum absolute atomic E-state index is 6.37. The number of nitrogens with one attached hydrogen (secondary N) is 1. The first-order valence-corrected chi connectivity index (χ1v) is 8.76. The monoisotopic (exact) mass is 289 g/mol. The first-order chi connectivity index (χ1) is 10.3. The van der Waals surface area contributed by atoms with E-state index in [0.717, 1.165) is 19.5 Å². The highest BCUT2D eigenvalue weighted by Gasteiger charge is 2.20. The topological polar surface area (TPSA) is 21.3 Å². The summed E-state index contributed by atoms with van der Waals surface area (Å²) >= 11 is 0. The van der Waals surface area contributed by atoms with Crippen molar-refractivity contribution in [3.8, 4) is 0 Å². The lowest BCUT2D eigenvalue weighted by Gasteiger charge is -2.27. The Kier molecular flexibility index (Phi) is 7.25. The van der Waals surface area contributed by atoms with Crippen molar-refractivity contribution in [3.63, 3.8) is 0 Å². The van der Waals surface area contributed by atoms with Crippen molar-refractivity contribution in [1.82, 2.24) is 5.32 Å². The highest BCUT2D eigenvalue weighted by Crippen LogP contribution is 2.29. The number of hydrogen-bond donors (Lipinski definition) is 1. The zero-order chi connectivity index (χ0) is 14.9. The van der Waals surface area contributed by atoms with Crippen LogP contribution in [-0.4, -0.2) is 25.3 Å². The molecule has 0 saturated heterocycles. The highest BCUT2D eigenvalue weighted by atomic mass is 16.5. The molecule has 0 bridgehead atoms. The molecule has 0 spiro atoms. The minimum absolute atomic E-state index is 0.261. The Morgan fingerprint density at radius 2 is 2.14 bits per heavy atom. The van der Waals surface area contributed by atoms with Crippen LogP contribution in [0.25, 0.3) is 0 Å². The van der Waals surface area contributed by atoms with Gasteiger partial charge in [0.15, 0.2) is 0 Å². The zero-order valence-electron chi connectivity index (χ0n) is 13.7. The Morgan fingerprint density at radius 1 is 1.24 bits per heavy atom. The standard InChI is InChI=1S/C19H31NO/c1-3-5-10-19(15-20-13-4-2)21-18-12-11-16-8-6-7-9-17(16)14-18/h7,9,11-12,18-20H,3-6,8,10,13-15H2,1-2H3.